The number of nitrogens with zero attached hydrogens (tertiary/aromatic N) is 5. The fourth-order valence-corrected chi connectivity index (χ4v) is 4.14. The van der Waals surface area contributed by atoms with Crippen LogP contribution in [0.4, 0.5) is 5.82 Å². The summed E-state index contributed by atoms with van der Waals surface area (Å²) in [5, 5.41) is 5.25. The standard InChI is InChI=1S/C25H21ClN6O2/c1-31(12-17-6-5-15(9-28-17)3-4-16-10-29-32(2)11-16)25(33)19-7-18-20-13-34-14-21(20)24(27)30-23(18)8-22(19)26/h5-11H,12-14H2,1-2H3,(H2,27,30). The molecule has 4 heterocycles. The Kier molecular flexibility index (Phi) is 5.65. The first-order valence-electron chi connectivity index (χ1n) is 10.6. The van der Waals surface area contributed by atoms with Crippen molar-refractivity contribution in [2.45, 2.75) is 19.8 Å². The average Bonchev–Trinajstić information content (AvgIpc) is 3.47. The predicted octanol–water partition coefficient (Wildman–Crippen LogP) is 3.30. The summed E-state index contributed by atoms with van der Waals surface area (Å²) in [6.45, 7) is 1.18. The van der Waals surface area contributed by atoms with Gasteiger partial charge in [-0.3, -0.25) is 14.5 Å². The van der Waals surface area contributed by atoms with Gasteiger partial charge in [0.2, 0.25) is 0 Å². The first kappa shape index (κ1) is 21.9. The number of aromatic nitrogens is 4. The Balaban J connectivity index is 1.35. The molecule has 1 aliphatic rings. The largest absolute Gasteiger partial charge is 0.383 e. The van der Waals surface area contributed by atoms with Crippen molar-refractivity contribution in [3.63, 3.8) is 0 Å². The van der Waals surface area contributed by atoms with Crippen molar-refractivity contribution in [1.82, 2.24) is 24.6 Å². The van der Waals surface area contributed by atoms with Gasteiger partial charge in [0.1, 0.15) is 5.82 Å². The van der Waals surface area contributed by atoms with E-state index in [4.69, 9.17) is 22.1 Å². The van der Waals surface area contributed by atoms with Gasteiger partial charge in [-0.05, 0) is 29.8 Å². The summed E-state index contributed by atoms with van der Waals surface area (Å²) < 4.78 is 7.25. The van der Waals surface area contributed by atoms with E-state index < -0.39 is 0 Å². The number of carbonyl (C=O) groups is 1. The zero-order valence-corrected chi connectivity index (χ0v) is 19.4. The maximum atomic E-state index is 13.2. The summed E-state index contributed by atoms with van der Waals surface area (Å²) in [5.74, 6) is 6.34. The normalized spacial score (nSPS) is 12.3. The second-order valence-electron chi connectivity index (χ2n) is 8.15. The van der Waals surface area contributed by atoms with E-state index in [-0.39, 0.29) is 5.91 Å². The molecule has 1 aliphatic heterocycles. The molecule has 0 unspecified atom stereocenters. The smallest absolute Gasteiger partial charge is 0.255 e. The maximum absolute atomic E-state index is 13.2. The summed E-state index contributed by atoms with van der Waals surface area (Å²) in [6, 6.07) is 7.20. The van der Waals surface area contributed by atoms with Crippen LogP contribution in [0, 0.1) is 11.8 Å². The molecule has 1 amide bonds. The Morgan fingerprint density at radius 1 is 1.21 bits per heavy atom. The van der Waals surface area contributed by atoms with Gasteiger partial charge >= 0.3 is 0 Å². The van der Waals surface area contributed by atoms with Crippen LogP contribution in [0.1, 0.15) is 38.3 Å². The Morgan fingerprint density at radius 3 is 2.74 bits per heavy atom. The average molecular weight is 473 g/mol. The first-order valence-corrected chi connectivity index (χ1v) is 11.0. The van der Waals surface area contributed by atoms with Crippen LogP contribution >= 0.6 is 11.6 Å². The van der Waals surface area contributed by atoms with Crippen LogP contribution in [-0.2, 0) is 31.5 Å². The zero-order valence-electron chi connectivity index (χ0n) is 18.7. The summed E-state index contributed by atoms with van der Waals surface area (Å²) in [6.07, 6.45) is 5.25. The number of carbonyl (C=O) groups excluding carboxylic acids is 1. The number of fused-ring (bicyclic) bond motifs is 3. The number of amides is 1. The third kappa shape index (κ3) is 4.19. The molecule has 2 N–H and O–H groups in total. The predicted molar refractivity (Wildman–Crippen MR) is 129 cm³/mol. The van der Waals surface area contributed by atoms with Gasteiger partial charge in [-0.2, -0.15) is 5.10 Å². The molecule has 0 fully saturated rings. The highest BCUT2D eigenvalue weighted by Gasteiger charge is 2.23. The van der Waals surface area contributed by atoms with Crippen LogP contribution in [0.25, 0.3) is 10.9 Å². The van der Waals surface area contributed by atoms with Crippen molar-refractivity contribution in [3.8, 4) is 11.8 Å². The number of nitrogen functional groups attached to an aromatic ring is 1. The molecule has 5 rings (SSSR count). The fourth-order valence-electron chi connectivity index (χ4n) is 3.90. The van der Waals surface area contributed by atoms with Crippen molar-refractivity contribution < 1.29 is 9.53 Å². The fraction of sp³-hybridized carbons (Fsp3) is 0.200. The number of nitrogens with two attached hydrogens (primary N) is 1. The van der Waals surface area contributed by atoms with E-state index in [1.807, 2.05) is 25.4 Å². The molecule has 3 aromatic heterocycles. The second kappa shape index (κ2) is 8.78. The van der Waals surface area contributed by atoms with Gasteiger partial charge in [0.05, 0.1) is 53.3 Å². The van der Waals surface area contributed by atoms with Crippen LogP contribution in [0.5, 0.6) is 0 Å². The molecule has 0 saturated carbocycles. The van der Waals surface area contributed by atoms with E-state index in [0.717, 1.165) is 33.3 Å². The van der Waals surface area contributed by atoms with Crippen molar-refractivity contribution in [1.29, 1.82) is 0 Å². The summed E-state index contributed by atoms with van der Waals surface area (Å²) in [7, 11) is 3.56. The number of halogens is 1. The second-order valence-corrected chi connectivity index (χ2v) is 8.56. The van der Waals surface area contributed by atoms with E-state index in [1.54, 1.807) is 41.2 Å². The van der Waals surface area contributed by atoms with Crippen molar-refractivity contribution in [3.05, 3.63) is 81.4 Å². The molecule has 4 aromatic rings. The van der Waals surface area contributed by atoms with Gasteiger partial charge in [-0.25, -0.2) is 4.98 Å². The molecule has 0 spiro atoms. The SMILES string of the molecule is CN(Cc1ccc(C#Cc2cnn(C)c2)cn1)C(=O)c1cc2c3c(c(N)nc2cc1Cl)COC3. The number of aryl methyl sites for hydroxylation is 1. The minimum Gasteiger partial charge on any atom is -0.383 e. The van der Waals surface area contributed by atoms with E-state index >= 15 is 0 Å². The zero-order chi connectivity index (χ0) is 23.8. The maximum Gasteiger partial charge on any atom is 0.255 e. The van der Waals surface area contributed by atoms with E-state index in [9.17, 15) is 4.79 Å². The van der Waals surface area contributed by atoms with Crippen LogP contribution in [0.3, 0.4) is 0 Å². The van der Waals surface area contributed by atoms with Gasteiger partial charge in [0.25, 0.3) is 5.91 Å². The van der Waals surface area contributed by atoms with Crippen molar-refractivity contribution >= 4 is 34.2 Å². The van der Waals surface area contributed by atoms with Crippen LogP contribution in [0.15, 0.2) is 42.9 Å². The van der Waals surface area contributed by atoms with Gasteiger partial charge in [-0.15, -0.1) is 0 Å². The first-order chi connectivity index (χ1) is 16.4. The number of ether oxygens (including phenoxy) is 1. The van der Waals surface area contributed by atoms with E-state index in [1.165, 1.54) is 0 Å². The third-order valence-corrected chi connectivity index (χ3v) is 5.99. The minimum absolute atomic E-state index is 0.210. The molecule has 0 bridgehead atoms. The van der Waals surface area contributed by atoms with Gasteiger partial charge in [0, 0.05) is 43.0 Å². The minimum atomic E-state index is -0.210. The van der Waals surface area contributed by atoms with Gasteiger partial charge < -0.3 is 15.4 Å². The number of hydrogen-bond acceptors (Lipinski definition) is 6. The Bertz CT molecular complexity index is 1480. The van der Waals surface area contributed by atoms with Gasteiger partial charge in [-0.1, -0.05) is 23.4 Å². The number of benzene rings is 1. The number of hydrogen-bond donors (Lipinski definition) is 1. The molecule has 0 aliphatic carbocycles. The molecule has 8 nitrogen and oxygen atoms in total. The molecule has 170 valence electrons. The Morgan fingerprint density at radius 2 is 2.00 bits per heavy atom. The molecule has 0 radical (unpaired) electrons. The molecule has 9 heteroatoms. The molecular formula is C25H21ClN6O2. The Hall–Kier alpha value is -3.93. The van der Waals surface area contributed by atoms with Gasteiger partial charge in [0.15, 0.2) is 0 Å². The molecule has 1 aromatic carbocycles. The lowest BCUT2D eigenvalue weighted by Gasteiger charge is -2.18. The number of rotatable bonds is 3. The third-order valence-electron chi connectivity index (χ3n) is 5.67. The lowest BCUT2D eigenvalue weighted by molar-refractivity contribution is 0.0783. The van der Waals surface area contributed by atoms with Crippen LogP contribution in [0.2, 0.25) is 5.02 Å². The molecule has 0 saturated heterocycles. The molecule has 34 heavy (non-hydrogen) atoms. The van der Waals surface area contributed by atoms with Crippen molar-refractivity contribution in [2.75, 3.05) is 12.8 Å². The van der Waals surface area contributed by atoms with Crippen LogP contribution < -0.4 is 5.73 Å². The molecular weight excluding hydrogens is 452 g/mol. The summed E-state index contributed by atoms with van der Waals surface area (Å²) in [4.78, 5) is 23.7. The highest BCUT2D eigenvalue weighted by molar-refractivity contribution is 6.34. The molecule has 0 atom stereocenters. The van der Waals surface area contributed by atoms with E-state index in [0.29, 0.717) is 41.7 Å². The number of anilines is 1. The monoisotopic (exact) mass is 472 g/mol. The topological polar surface area (TPSA) is 99.2 Å². The summed E-state index contributed by atoms with van der Waals surface area (Å²) >= 11 is 6.46. The lowest BCUT2D eigenvalue weighted by Crippen LogP contribution is -2.27. The summed E-state index contributed by atoms with van der Waals surface area (Å²) in [5.41, 5.74) is 11.3. The van der Waals surface area contributed by atoms with Crippen LogP contribution in [-0.4, -0.2) is 37.6 Å². The number of pyridine rings is 2. The lowest BCUT2D eigenvalue weighted by atomic mass is 10.0. The van der Waals surface area contributed by atoms with Crippen molar-refractivity contribution in [2.24, 2.45) is 7.05 Å². The highest BCUT2D eigenvalue weighted by atomic mass is 35.5. The Labute approximate surface area is 201 Å². The van der Waals surface area contributed by atoms with E-state index in [2.05, 4.69) is 26.9 Å². The highest BCUT2D eigenvalue weighted by Crippen LogP contribution is 2.34. The quantitative estimate of drug-likeness (QED) is 0.459.